The van der Waals surface area contributed by atoms with Crippen LogP contribution in [0, 0.1) is 0 Å². The summed E-state index contributed by atoms with van der Waals surface area (Å²) in [6.45, 7) is 2.03. The molecular weight excluding hydrogens is 413 g/mol. The normalized spacial score (nSPS) is 14.3. The standard InChI is InChI=1S/C28H23NO2P/c1-21(29-27(30)25-19-11-12-20-26(25)28(29)31)32(22-13-5-2-6-14-22,23-15-7-3-8-16-23)24-17-9-4-10-18-24/h2-21H,1H3/q+1. The lowest BCUT2D eigenvalue weighted by molar-refractivity contribution is 0.0643. The van der Waals surface area contributed by atoms with Gasteiger partial charge in [-0.15, -0.1) is 0 Å². The lowest BCUT2D eigenvalue weighted by Crippen LogP contribution is -2.48. The SMILES string of the molecule is CC(N1C(=O)c2ccccc2C1=O)[P+](c1ccccc1)(c1ccccc1)c1ccccc1. The van der Waals surface area contributed by atoms with E-state index in [9.17, 15) is 9.59 Å². The molecule has 4 aromatic rings. The fraction of sp³-hybridized carbons (Fsp3) is 0.0714. The van der Waals surface area contributed by atoms with E-state index in [1.807, 2.05) is 73.7 Å². The van der Waals surface area contributed by atoms with Crippen molar-refractivity contribution < 1.29 is 9.59 Å². The van der Waals surface area contributed by atoms with Crippen LogP contribution in [0.5, 0.6) is 0 Å². The molecule has 32 heavy (non-hydrogen) atoms. The Labute approximate surface area is 188 Å². The third kappa shape index (κ3) is 3.01. The quantitative estimate of drug-likeness (QED) is 0.338. The molecule has 1 unspecified atom stereocenters. The van der Waals surface area contributed by atoms with E-state index in [0.29, 0.717) is 11.1 Å². The maximum atomic E-state index is 13.5. The predicted molar refractivity (Wildman–Crippen MR) is 132 cm³/mol. The van der Waals surface area contributed by atoms with Crippen LogP contribution in [0.3, 0.4) is 0 Å². The molecular formula is C28H23NO2P+. The molecule has 5 rings (SSSR count). The van der Waals surface area contributed by atoms with Crippen molar-refractivity contribution in [1.29, 1.82) is 0 Å². The van der Waals surface area contributed by atoms with Gasteiger partial charge in [0, 0.05) is 0 Å². The Morgan fingerprint density at radius 2 is 0.844 bits per heavy atom. The van der Waals surface area contributed by atoms with Crippen molar-refractivity contribution in [3.05, 3.63) is 126 Å². The second-order valence-electron chi connectivity index (χ2n) is 7.89. The van der Waals surface area contributed by atoms with Gasteiger partial charge in [0.15, 0.2) is 5.78 Å². The van der Waals surface area contributed by atoms with E-state index in [1.54, 1.807) is 12.1 Å². The second-order valence-corrected chi connectivity index (χ2v) is 11.6. The topological polar surface area (TPSA) is 37.4 Å². The minimum atomic E-state index is -2.41. The maximum absolute atomic E-state index is 13.5. The van der Waals surface area contributed by atoms with E-state index < -0.39 is 7.26 Å². The van der Waals surface area contributed by atoms with Crippen LogP contribution in [-0.2, 0) is 0 Å². The summed E-state index contributed by atoms with van der Waals surface area (Å²) < 4.78 is 0. The third-order valence-electron chi connectivity index (χ3n) is 6.25. The molecule has 1 heterocycles. The molecule has 4 heteroatoms. The van der Waals surface area contributed by atoms with Crippen LogP contribution < -0.4 is 15.9 Å². The Morgan fingerprint density at radius 3 is 1.19 bits per heavy atom. The molecule has 1 aliphatic heterocycles. The highest BCUT2D eigenvalue weighted by Gasteiger charge is 2.56. The molecule has 156 valence electrons. The van der Waals surface area contributed by atoms with Gasteiger partial charge in [-0.05, 0) is 55.5 Å². The van der Waals surface area contributed by atoms with Crippen molar-refractivity contribution in [1.82, 2.24) is 4.90 Å². The van der Waals surface area contributed by atoms with Crippen LogP contribution in [0.2, 0.25) is 0 Å². The first-order valence-electron chi connectivity index (χ1n) is 10.7. The zero-order valence-corrected chi connectivity index (χ0v) is 18.7. The first kappa shape index (κ1) is 20.4. The Hall–Kier alpha value is -3.55. The summed E-state index contributed by atoms with van der Waals surface area (Å²) >= 11 is 0. The molecule has 2 amide bonds. The maximum Gasteiger partial charge on any atom is 0.264 e. The number of carbonyl (C=O) groups is 2. The van der Waals surface area contributed by atoms with Crippen molar-refractivity contribution in [3.63, 3.8) is 0 Å². The number of nitrogens with zero attached hydrogens (tertiary/aromatic N) is 1. The highest BCUT2D eigenvalue weighted by Crippen LogP contribution is 2.61. The van der Waals surface area contributed by atoms with Crippen molar-refractivity contribution in [2.75, 3.05) is 0 Å². The molecule has 0 aromatic heterocycles. The highest BCUT2D eigenvalue weighted by atomic mass is 31.2. The number of fused-ring (bicyclic) bond motifs is 1. The van der Waals surface area contributed by atoms with Crippen LogP contribution in [0.4, 0.5) is 0 Å². The number of rotatable bonds is 5. The number of benzene rings is 4. The Morgan fingerprint density at radius 1 is 0.531 bits per heavy atom. The molecule has 0 bridgehead atoms. The van der Waals surface area contributed by atoms with E-state index in [-0.39, 0.29) is 17.6 Å². The van der Waals surface area contributed by atoms with Crippen LogP contribution in [0.25, 0.3) is 0 Å². The lowest BCUT2D eigenvalue weighted by atomic mass is 10.1. The van der Waals surface area contributed by atoms with Gasteiger partial charge in [0.05, 0.1) is 11.1 Å². The zero-order valence-electron chi connectivity index (χ0n) is 17.8. The van der Waals surface area contributed by atoms with Crippen LogP contribution in [0.1, 0.15) is 27.6 Å². The molecule has 1 atom stereocenters. The summed E-state index contributed by atoms with van der Waals surface area (Å²) in [6.07, 6.45) is 0. The number of hydrogen-bond acceptors (Lipinski definition) is 2. The molecule has 4 aromatic carbocycles. The number of carbonyl (C=O) groups excluding carboxylic acids is 2. The fourth-order valence-corrected chi connectivity index (χ4v) is 9.48. The Kier molecular flexibility index (Phi) is 5.20. The van der Waals surface area contributed by atoms with Gasteiger partial charge in [0.25, 0.3) is 11.8 Å². The largest absolute Gasteiger partial charge is 0.268 e. The first-order valence-corrected chi connectivity index (χ1v) is 12.5. The van der Waals surface area contributed by atoms with E-state index in [1.165, 1.54) is 4.90 Å². The van der Waals surface area contributed by atoms with E-state index in [2.05, 4.69) is 36.4 Å². The number of hydrogen-bond donors (Lipinski definition) is 0. The summed E-state index contributed by atoms with van der Waals surface area (Å²) in [5.74, 6) is -0.794. The van der Waals surface area contributed by atoms with E-state index in [4.69, 9.17) is 0 Å². The van der Waals surface area contributed by atoms with Gasteiger partial charge >= 0.3 is 0 Å². The van der Waals surface area contributed by atoms with Gasteiger partial charge in [0.1, 0.15) is 23.2 Å². The molecule has 0 radical (unpaired) electrons. The van der Waals surface area contributed by atoms with Crippen molar-refractivity contribution in [2.45, 2.75) is 12.7 Å². The molecule has 0 saturated heterocycles. The van der Waals surface area contributed by atoms with E-state index in [0.717, 1.165) is 15.9 Å². The smallest absolute Gasteiger partial charge is 0.264 e. The summed E-state index contributed by atoms with van der Waals surface area (Å²) in [7, 11) is -2.41. The molecule has 0 spiro atoms. The van der Waals surface area contributed by atoms with Crippen molar-refractivity contribution >= 4 is 35.0 Å². The molecule has 3 nitrogen and oxygen atoms in total. The zero-order chi connectivity index (χ0) is 22.1. The monoisotopic (exact) mass is 436 g/mol. The summed E-state index contributed by atoms with van der Waals surface area (Å²) in [4.78, 5) is 28.5. The first-order chi connectivity index (χ1) is 15.7. The lowest BCUT2D eigenvalue weighted by Gasteiger charge is -2.36. The van der Waals surface area contributed by atoms with E-state index >= 15 is 0 Å². The minimum absolute atomic E-state index is 0.217. The van der Waals surface area contributed by atoms with Gasteiger partial charge in [-0.25, -0.2) is 4.90 Å². The highest BCUT2D eigenvalue weighted by molar-refractivity contribution is 7.96. The van der Waals surface area contributed by atoms with Crippen molar-refractivity contribution in [2.24, 2.45) is 0 Å². The third-order valence-corrected chi connectivity index (χ3v) is 10.9. The number of imide groups is 1. The van der Waals surface area contributed by atoms with Gasteiger partial charge < -0.3 is 0 Å². The molecule has 0 N–H and O–H groups in total. The fourth-order valence-electron chi connectivity index (χ4n) is 4.80. The predicted octanol–water partition coefficient (Wildman–Crippen LogP) is 4.62. The summed E-state index contributed by atoms with van der Waals surface area (Å²) in [5, 5.41) is 3.42. The van der Waals surface area contributed by atoms with Gasteiger partial charge in [0.2, 0.25) is 0 Å². The van der Waals surface area contributed by atoms with Gasteiger partial charge in [-0.3, -0.25) is 9.59 Å². The second kappa shape index (κ2) is 8.18. The van der Waals surface area contributed by atoms with Crippen LogP contribution >= 0.6 is 7.26 Å². The Balaban J connectivity index is 1.79. The molecule has 0 saturated carbocycles. The molecule has 1 aliphatic rings. The Bertz CT molecular complexity index is 1140. The number of amides is 2. The minimum Gasteiger partial charge on any atom is -0.268 e. The van der Waals surface area contributed by atoms with Gasteiger partial charge in [-0.2, -0.15) is 0 Å². The van der Waals surface area contributed by atoms with Crippen LogP contribution in [0.15, 0.2) is 115 Å². The summed E-state index contributed by atoms with van der Waals surface area (Å²) in [5.41, 5.74) is 0.966. The average molecular weight is 436 g/mol. The summed E-state index contributed by atoms with van der Waals surface area (Å²) in [6, 6.07) is 38.1. The molecule has 0 aliphatic carbocycles. The molecule has 0 fully saturated rings. The van der Waals surface area contributed by atoms with Gasteiger partial charge in [-0.1, -0.05) is 66.7 Å². The average Bonchev–Trinajstić information content (AvgIpc) is 3.11. The van der Waals surface area contributed by atoms with Crippen molar-refractivity contribution in [3.8, 4) is 0 Å². The van der Waals surface area contributed by atoms with Crippen LogP contribution in [-0.4, -0.2) is 22.5 Å².